The molecule has 1 aromatic heterocycles. The minimum atomic E-state index is -0.736. The molecular formula is C18H16N3O3+. The lowest BCUT2D eigenvalue weighted by atomic mass is 9.96. The first kappa shape index (κ1) is 15.7. The molecule has 120 valence electrons. The number of esters is 1. The third kappa shape index (κ3) is 2.99. The summed E-state index contributed by atoms with van der Waals surface area (Å²) in [5, 5.41) is 4.30. The fraction of sp³-hybridized carbons (Fsp3) is 0.167. The standard InChI is InChI=1S/C18H16N3O3/c1-2-24-18(23)15-12-20-21(14-9-6-10-19-11-14)16(17(15)22)13-7-4-3-5-8-13/h3-12,16H,2H2,1H3/q+1. The van der Waals surface area contributed by atoms with Crippen molar-refractivity contribution in [3.05, 3.63) is 72.2 Å². The van der Waals surface area contributed by atoms with E-state index in [9.17, 15) is 9.59 Å². The molecule has 0 fully saturated rings. The van der Waals surface area contributed by atoms with Gasteiger partial charge in [0.2, 0.25) is 5.78 Å². The smallest absolute Gasteiger partial charge is 0.343 e. The number of ketones is 1. The number of rotatable bonds is 4. The van der Waals surface area contributed by atoms with Gasteiger partial charge >= 0.3 is 5.97 Å². The van der Waals surface area contributed by atoms with Gasteiger partial charge in [0.05, 0.1) is 6.61 Å². The summed E-state index contributed by atoms with van der Waals surface area (Å²) in [5.41, 5.74) is 1.36. The quantitative estimate of drug-likeness (QED) is 0.493. The number of hydrogen-bond acceptors (Lipinski definition) is 5. The molecule has 1 aromatic carbocycles. The summed E-state index contributed by atoms with van der Waals surface area (Å²) in [6.07, 6.45) is 4.52. The highest BCUT2D eigenvalue weighted by atomic mass is 16.5. The zero-order valence-electron chi connectivity index (χ0n) is 13.1. The second kappa shape index (κ2) is 6.95. The van der Waals surface area contributed by atoms with E-state index in [4.69, 9.17) is 4.74 Å². The first-order valence-electron chi connectivity index (χ1n) is 7.59. The third-order valence-corrected chi connectivity index (χ3v) is 3.59. The summed E-state index contributed by atoms with van der Waals surface area (Å²) in [5.74, 6) is -1.00. The maximum Gasteiger partial charge on any atom is 0.343 e. The first-order chi connectivity index (χ1) is 11.7. The average Bonchev–Trinajstić information content (AvgIpc) is 2.63. The molecule has 2 aromatic rings. The van der Waals surface area contributed by atoms with E-state index in [2.05, 4.69) is 10.1 Å². The highest BCUT2D eigenvalue weighted by Crippen LogP contribution is 2.31. The van der Waals surface area contributed by atoms with Crippen molar-refractivity contribution in [3.8, 4) is 0 Å². The second-order valence-corrected chi connectivity index (χ2v) is 5.11. The Morgan fingerprint density at radius 2 is 2.00 bits per heavy atom. The van der Waals surface area contributed by atoms with Crippen molar-refractivity contribution in [2.75, 3.05) is 6.61 Å². The number of Topliss-reactive ketones (excluding diaryl/α,β-unsaturated/α-hetero) is 1. The van der Waals surface area contributed by atoms with Gasteiger partial charge in [0.25, 0.3) is 11.7 Å². The first-order valence-corrected chi connectivity index (χ1v) is 7.59. The van der Waals surface area contributed by atoms with Crippen LogP contribution in [0.2, 0.25) is 0 Å². The predicted molar refractivity (Wildman–Crippen MR) is 85.5 cm³/mol. The van der Waals surface area contributed by atoms with Crippen LogP contribution in [-0.2, 0) is 14.3 Å². The summed E-state index contributed by atoms with van der Waals surface area (Å²) < 4.78 is 6.52. The molecule has 0 saturated carbocycles. The van der Waals surface area contributed by atoms with E-state index in [1.54, 1.807) is 30.1 Å². The molecule has 0 amide bonds. The van der Waals surface area contributed by atoms with Gasteiger partial charge in [0.1, 0.15) is 18.0 Å². The van der Waals surface area contributed by atoms with Crippen LogP contribution in [0.1, 0.15) is 18.5 Å². The number of hydrogen-bond donors (Lipinski definition) is 0. The number of benzene rings is 1. The van der Waals surface area contributed by atoms with Gasteiger partial charge in [-0.05, 0) is 18.1 Å². The normalized spacial score (nSPS) is 17.0. The fourth-order valence-corrected chi connectivity index (χ4v) is 2.50. The lowest BCUT2D eigenvalue weighted by Gasteiger charge is -2.16. The van der Waals surface area contributed by atoms with Crippen LogP contribution in [0.4, 0.5) is 5.69 Å². The maximum absolute atomic E-state index is 12.9. The molecule has 3 rings (SSSR count). The van der Waals surface area contributed by atoms with E-state index < -0.39 is 12.0 Å². The number of carbonyl (C=O) groups is 2. The van der Waals surface area contributed by atoms with Crippen LogP contribution in [0.15, 0.2) is 71.7 Å². The molecule has 6 nitrogen and oxygen atoms in total. The van der Waals surface area contributed by atoms with Gasteiger partial charge in [0.15, 0.2) is 0 Å². The number of aromatic nitrogens is 1. The zero-order valence-corrected chi connectivity index (χ0v) is 13.1. The van der Waals surface area contributed by atoms with E-state index >= 15 is 0 Å². The van der Waals surface area contributed by atoms with Crippen molar-refractivity contribution < 1.29 is 19.0 Å². The van der Waals surface area contributed by atoms with E-state index in [-0.39, 0.29) is 18.0 Å². The van der Waals surface area contributed by atoms with Gasteiger partial charge in [-0.15, -0.1) is 0 Å². The highest BCUT2D eigenvalue weighted by Gasteiger charge is 2.42. The van der Waals surface area contributed by atoms with Crippen LogP contribution in [0.5, 0.6) is 0 Å². The van der Waals surface area contributed by atoms with Crippen molar-refractivity contribution in [2.24, 2.45) is 5.11 Å². The predicted octanol–water partition coefficient (Wildman–Crippen LogP) is 2.95. The summed E-state index contributed by atoms with van der Waals surface area (Å²) >= 11 is 0. The molecule has 2 heterocycles. The van der Waals surface area contributed by atoms with E-state index in [0.717, 1.165) is 5.56 Å². The SMILES string of the molecule is CCOC(=O)C1=CN=[N+](c2cccnc2)C(c2ccccc2)C1=O. The second-order valence-electron chi connectivity index (χ2n) is 5.11. The van der Waals surface area contributed by atoms with Crippen LogP contribution in [-0.4, -0.2) is 28.0 Å². The number of pyridine rings is 1. The van der Waals surface area contributed by atoms with Crippen molar-refractivity contribution in [1.82, 2.24) is 4.98 Å². The minimum Gasteiger partial charge on any atom is -0.462 e. The lowest BCUT2D eigenvalue weighted by Crippen LogP contribution is -2.30. The number of azo groups is 2. The molecule has 24 heavy (non-hydrogen) atoms. The Morgan fingerprint density at radius 1 is 1.21 bits per heavy atom. The van der Waals surface area contributed by atoms with E-state index in [0.29, 0.717) is 5.69 Å². The molecule has 1 aliphatic rings. The summed E-state index contributed by atoms with van der Waals surface area (Å²) in [6, 6.07) is 12.0. The van der Waals surface area contributed by atoms with Crippen LogP contribution in [0.3, 0.4) is 0 Å². The average molecular weight is 322 g/mol. The molecule has 1 aliphatic heterocycles. The molecule has 0 radical (unpaired) electrons. The maximum atomic E-state index is 12.9. The molecule has 0 aliphatic carbocycles. The summed E-state index contributed by atoms with van der Waals surface area (Å²) in [4.78, 5) is 29.0. The molecule has 0 saturated heterocycles. The van der Waals surface area contributed by atoms with Crippen molar-refractivity contribution >= 4 is 17.4 Å². The van der Waals surface area contributed by atoms with Crippen molar-refractivity contribution in [2.45, 2.75) is 13.0 Å². The van der Waals surface area contributed by atoms with Crippen LogP contribution < -0.4 is 0 Å². The lowest BCUT2D eigenvalue weighted by molar-refractivity contribution is -0.542. The third-order valence-electron chi connectivity index (χ3n) is 3.59. The molecule has 0 bridgehead atoms. The molecule has 6 heteroatoms. The Hall–Kier alpha value is -3.15. The van der Waals surface area contributed by atoms with E-state index in [1.807, 2.05) is 36.4 Å². The minimum absolute atomic E-state index is 0.0501. The molecule has 0 N–H and O–H groups in total. The monoisotopic (exact) mass is 322 g/mol. The molecular weight excluding hydrogens is 306 g/mol. The number of carbonyl (C=O) groups excluding carboxylic acids is 2. The summed E-state index contributed by atoms with van der Waals surface area (Å²) in [6.45, 7) is 1.89. The molecule has 0 spiro atoms. The number of ether oxygens (including phenoxy) is 1. The van der Waals surface area contributed by atoms with E-state index in [1.165, 1.54) is 6.20 Å². The van der Waals surface area contributed by atoms with Crippen molar-refractivity contribution in [3.63, 3.8) is 0 Å². The Kier molecular flexibility index (Phi) is 4.56. The highest BCUT2D eigenvalue weighted by molar-refractivity contribution is 6.19. The van der Waals surface area contributed by atoms with Gasteiger partial charge in [-0.25, -0.2) is 4.79 Å². The summed E-state index contributed by atoms with van der Waals surface area (Å²) in [7, 11) is 0. The van der Waals surface area contributed by atoms with Gasteiger partial charge in [-0.2, -0.15) is 0 Å². The van der Waals surface area contributed by atoms with Gasteiger partial charge in [-0.1, -0.05) is 35.0 Å². The Labute approximate surface area is 139 Å². The van der Waals surface area contributed by atoms with Gasteiger partial charge < -0.3 is 4.74 Å². The topological polar surface area (TPSA) is 71.6 Å². The fourth-order valence-electron chi connectivity index (χ4n) is 2.50. The Balaban J connectivity index is 2.09. The molecule has 1 unspecified atom stereocenters. The van der Waals surface area contributed by atoms with Gasteiger partial charge in [-0.3, -0.25) is 9.78 Å². The Morgan fingerprint density at radius 3 is 2.67 bits per heavy atom. The Bertz CT molecular complexity index is 814. The van der Waals surface area contributed by atoms with Crippen LogP contribution in [0.25, 0.3) is 0 Å². The van der Waals surface area contributed by atoms with Crippen molar-refractivity contribution in [1.29, 1.82) is 0 Å². The largest absolute Gasteiger partial charge is 0.462 e. The van der Waals surface area contributed by atoms with Gasteiger partial charge in [0, 0.05) is 17.8 Å². The van der Waals surface area contributed by atoms with Crippen LogP contribution in [0, 0.1) is 0 Å². The molecule has 1 atom stereocenters. The number of nitrogens with zero attached hydrogens (tertiary/aromatic N) is 3. The zero-order chi connectivity index (χ0) is 16.9. The van der Waals surface area contributed by atoms with Crippen LogP contribution >= 0.6 is 0 Å².